The second-order valence-corrected chi connectivity index (χ2v) is 5.03. The summed E-state index contributed by atoms with van der Waals surface area (Å²) in [6.07, 6.45) is 6.79. The summed E-state index contributed by atoms with van der Waals surface area (Å²) in [4.78, 5) is 11.3. The molecule has 3 heteroatoms. The molecule has 0 amide bonds. The Labute approximate surface area is 102 Å². The monoisotopic (exact) mass is 236 g/mol. The first-order valence-corrected chi connectivity index (χ1v) is 6.48. The number of hydrogen-bond acceptors (Lipinski definition) is 2. The molecule has 0 aromatic carbocycles. The standard InChI is InChI=1S/C14H20O3/c1-2-4-10-6-7-11(14(15)16)12(9-10)13-5-3-8-17-13/h3,5,8,10-12H,2,4,6-7,9H2,1H3,(H,15,16). The summed E-state index contributed by atoms with van der Waals surface area (Å²) in [6.45, 7) is 2.19. The Hall–Kier alpha value is -1.25. The van der Waals surface area contributed by atoms with Gasteiger partial charge in [-0.3, -0.25) is 4.79 Å². The lowest BCUT2D eigenvalue weighted by atomic mass is 9.72. The Balaban J connectivity index is 2.13. The summed E-state index contributed by atoms with van der Waals surface area (Å²) < 4.78 is 5.42. The van der Waals surface area contributed by atoms with Crippen molar-refractivity contribution in [3.05, 3.63) is 24.2 Å². The molecule has 1 aliphatic carbocycles. The van der Waals surface area contributed by atoms with E-state index in [0.717, 1.165) is 25.0 Å². The van der Waals surface area contributed by atoms with Gasteiger partial charge in [-0.15, -0.1) is 0 Å². The number of furan rings is 1. The summed E-state index contributed by atoms with van der Waals surface area (Å²) in [5.41, 5.74) is 0. The number of carboxylic acids is 1. The molecule has 0 saturated heterocycles. The zero-order valence-electron chi connectivity index (χ0n) is 10.3. The van der Waals surface area contributed by atoms with E-state index in [4.69, 9.17) is 4.42 Å². The maximum Gasteiger partial charge on any atom is 0.307 e. The topological polar surface area (TPSA) is 50.4 Å². The molecule has 3 unspecified atom stereocenters. The highest BCUT2D eigenvalue weighted by Crippen LogP contribution is 2.42. The number of carbonyl (C=O) groups is 1. The van der Waals surface area contributed by atoms with Crippen molar-refractivity contribution >= 4 is 5.97 Å². The summed E-state index contributed by atoms with van der Waals surface area (Å²) in [5.74, 6) is 0.618. The lowest BCUT2D eigenvalue weighted by molar-refractivity contribution is -0.144. The molecular formula is C14H20O3. The highest BCUT2D eigenvalue weighted by Gasteiger charge is 2.36. The highest BCUT2D eigenvalue weighted by atomic mass is 16.4. The van der Waals surface area contributed by atoms with Gasteiger partial charge in [0, 0.05) is 5.92 Å². The second-order valence-electron chi connectivity index (χ2n) is 5.03. The van der Waals surface area contributed by atoms with Gasteiger partial charge in [-0.2, -0.15) is 0 Å². The quantitative estimate of drug-likeness (QED) is 0.867. The van der Waals surface area contributed by atoms with Crippen molar-refractivity contribution in [1.82, 2.24) is 0 Å². The molecule has 1 aromatic rings. The zero-order valence-corrected chi connectivity index (χ0v) is 10.3. The largest absolute Gasteiger partial charge is 0.481 e. The second kappa shape index (κ2) is 5.39. The molecule has 1 heterocycles. The van der Waals surface area contributed by atoms with Crippen LogP contribution in [0.5, 0.6) is 0 Å². The van der Waals surface area contributed by atoms with Gasteiger partial charge in [0.25, 0.3) is 0 Å². The zero-order chi connectivity index (χ0) is 12.3. The molecule has 3 nitrogen and oxygen atoms in total. The van der Waals surface area contributed by atoms with Crippen molar-refractivity contribution in [2.24, 2.45) is 11.8 Å². The first-order chi connectivity index (χ1) is 8.22. The number of carboxylic acid groups (broad SMARTS) is 1. The molecule has 1 fully saturated rings. The third-order valence-corrected chi connectivity index (χ3v) is 3.88. The van der Waals surface area contributed by atoms with Crippen LogP contribution < -0.4 is 0 Å². The van der Waals surface area contributed by atoms with E-state index < -0.39 is 5.97 Å². The fourth-order valence-electron chi connectivity index (χ4n) is 3.04. The van der Waals surface area contributed by atoms with Crippen LogP contribution in [0, 0.1) is 11.8 Å². The number of hydrogen-bond donors (Lipinski definition) is 1. The van der Waals surface area contributed by atoms with E-state index in [1.165, 1.54) is 12.8 Å². The van der Waals surface area contributed by atoms with Crippen LogP contribution in [0.15, 0.2) is 22.8 Å². The molecule has 1 saturated carbocycles. The molecule has 17 heavy (non-hydrogen) atoms. The van der Waals surface area contributed by atoms with E-state index in [9.17, 15) is 9.90 Å². The minimum absolute atomic E-state index is 0.0628. The fourth-order valence-corrected chi connectivity index (χ4v) is 3.04. The van der Waals surface area contributed by atoms with Crippen molar-refractivity contribution in [2.45, 2.75) is 44.9 Å². The average molecular weight is 236 g/mol. The fraction of sp³-hybridized carbons (Fsp3) is 0.643. The van der Waals surface area contributed by atoms with Crippen LogP contribution in [-0.2, 0) is 4.79 Å². The van der Waals surface area contributed by atoms with E-state index in [2.05, 4.69) is 6.92 Å². The van der Waals surface area contributed by atoms with Crippen molar-refractivity contribution in [3.8, 4) is 0 Å². The van der Waals surface area contributed by atoms with Crippen molar-refractivity contribution in [3.63, 3.8) is 0 Å². The minimum atomic E-state index is -0.679. The van der Waals surface area contributed by atoms with Crippen LogP contribution in [-0.4, -0.2) is 11.1 Å². The van der Waals surface area contributed by atoms with Crippen LogP contribution in [0.2, 0.25) is 0 Å². The Morgan fingerprint density at radius 2 is 2.35 bits per heavy atom. The van der Waals surface area contributed by atoms with Gasteiger partial charge in [0.15, 0.2) is 0 Å². The van der Waals surface area contributed by atoms with E-state index in [1.807, 2.05) is 12.1 Å². The van der Waals surface area contributed by atoms with Crippen LogP contribution in [0.1, 0.15) is 50.7 Å². The molecule has 3 atom stereocenters. The van der Waals surface area contributed by atoms with E-state index in [0.29, 0.717) is 5.92 Å². The molecule has 0 aliphatic heterocycles. The van der Waals surface area contributed by atoms with Crippen LogP contribution in [0.25, 0.3) is 0 Å². The van der Waals surface area contributed by atoms with Crippen LogP contribution >= 0.6 is 0 Å². The maximum absolute atomic E-state index is 11.3. The molecule has 94 valence electrons. The molecule has 0 spiro atoms. The maximum atomic E-state index is 11.3. The molecule has 1 aromatic heterocycles. The van der Waals surface area contributed by atoms with Crippen LogP contribution in [0.4, 0.5) is 0 Å². The molecule has 1 aliphatic rings. The van der Waals surface area contributed by atoms with Gasteiger partial charge in [0.2, 0.25) is 0 Å². The number of rotatable bonds is 4. The first kappa shape index (κ1) is 12.2. The lowest BCUT2D eigenvalue weighted by Crippen LogP contribution is -2.29. The van der Waals surface area contributed by atoms with Gasteiger partial charge in [0.05, 0.1) is 12.2 Å². The van der Waals surface area contributed by atoms with Gasteiger partial charge >= 0.3 is 5.97 Å². The lowest BCUT2D eigenvalue weighted by Gasteiger charge is -2.32. The molecular weight excluding hydrogens is 216 g/mol. The SMILES string of the molecule is CCCC1CCC(C(=O)O)C(c2ccco2)C1. The Kier molecular flexibility index (Phi) is 3.87. The normalized spacial score (nSPS) is 29.1. The Morgan fingerprint density at radius 1 is 1.53 bits per heavy atom. The highest BCUT2D eigenvalue weighted by molar-refractivity contribution is 5.71. The van der Waals surface area contributed by atoms with Gasteiger partial charge in [-0.05, 0) is 37.3 Å². The van der Waals surface area contributed by atoms with Gasteiger partial charge in [-0.1, -0.05) is 19.8 Å². The van der Waals surface area contributed by atoms with Gasteiger partial charge < -0.3 is 9.52 Å². The minimum Gasteiger partial charge on any atom is -0.481 e. The third-order valence-electron chi connectivity index (χ3n) is 3.88. The Bertz CT molecular complexity index is 356. The molecule has 2 rings (SSSR count). The summed E-state index contributed by atoms with van der Waals surface area (Å²) in [6, 6.07) is 3.76. The number of aliphatic carboxylic acids is 1. The van der Waals surface area contributed by atoms with Crippen molar-refractivity contribution < 1.29 is 14.3 Å². The van der Waals surface area contributed by atoms with E-state index in [-0.39, 0.29) is 11.8 Å². The smallest absolute Gasteiger partial charge is 0.307 e. The third kappa shape index (κ3) is 2.71. The molecule has 0 radical (unpaired) electrons. The van der Waals surface area contributed by atoms with Gasteiger partial charge in [-0.25, -0.2) is 0 Å². The molecule has 0 bridgehead atoms. The van der Waals surface area contributed by atoms with E-state index in [1.54, 1.807) is 6.26 Å². The van der Waals surface area contributed by atoms with E-state index >= 15 is 0 Å². The summed E-state index contributed by atoms with van der Waals surface area (Å²) in [7, 11) is 0. The summed E-state index contributed by atoms with van der Waals surface area (Å²) in [5, 5.41) is 9.28. The predicted molar refractivity (Wildman–Crippen MR) is 64.8 cm³/mol. The van der Waals surface area contributed by atoms with Crippen molar-refractivity contribution in [2.75, 3.05) is 0 Å². The average Bonchev–Trinajstić information content (AvgIpc) is 2.82. The predicted octanol–water partition coefficient (Wildman–Crippen LogP) is 3.66. The first-order valence-electron chi connectivity index (χ1n) is 6.48. The van der Waals surface area contributed by atoms with Crippen LogP contribution in [0.3, 0.4) is 0 Å². The van der Waals surface area contributed by atoms with Crippen molar-refractivity contribution in [1.29, 1.82) is 0 Å². The molecule has 1 N–H and O–H groups in total. The summed E-state index contributed by atoms with van der Waals surface area (Å²) >= 11 is 0. The van der Waals surface area contributed by atoms with Gasteiger partial charge in [0.1, 0.15) is 5.76 Å². The Morgan fingerprint density at radius 3 is 2.94 bits per heavy atom.